The number of thiazole rings is 1. The van der Waals surface area contributed by atoms with E-state index in [0.29, 0.717) is 4.48 Å². The third-order valence-electron chi connectivity index (χ3n) is 0.951. The standard InChI is InChI=1S/C5H11NO2.C3H3NS/c1-6(2,3)4-5(7)8;1-2-5-3-4-1/h4H2,1-3H3;1-3H. The highest BCUT2D eigenvalue weighted by Crippen LogP contribution is 1.86. The maximum atomic E-state index is 9.89. The van der Waals surface area contributed by atoms with Crippen molar-refractivity contribution in [1.82, 2.24) is 4.98 Å². The van der Waals surface area contributed by atoms with Crippen molar-refractivity contribution in [2.75, 3.05) is 27.7 Å². The summed E-state index contributed by atoms with van der Waals surface area (Å²) in [5.41, 5.74) is 1.79. The maximum Gasteiger partial charge on any atom is 0.118 e. The van der Waals surface area contributed by atoms with Crippen LogP contribution in [0.5, 0.6) is 0 Å². The fourth-order valence-corrected chi connectivity index (χ4v) is 0.914. The molecule has 0 saturated carbocycles. The van der Waals surface area contributed by atoms with Gasteiger partial charge in [0.05, 0.1) is 32.6 Å². The summed E-state index contributed by atoms with van der Waals surface area (Å²) >= 11 is 1.60. The Hall–Kier alpha value is -0.940. The zero-order chi connectivity index (χ0) is 10.3. The van der Waals surface area contributed by atoms with Gasteiger partial charge in [-0.25, -0.2) is 0 Å². The summed E-state index contributed by atoms with van der Waals surface area (Å²) in [5, 5.41) is 11.8. The number of quaternary nitrogens is 1. The highest BCUT2D eigenvalue weighted by atomic mass is 32.1. The number of nitrogens with zero attached hydrogens (tertiary/aromatic N) is 2. The fraction of sp³-hybridized carbons (Fsp3) is 0.500. The number of aromatic nitrogens is 1. The Kier molecular flexibility index (Phi) is 5.25. The largest absolute Gasteiger partial charge is 0.544 e. The van der Waals surface area contributed by atoms with Crippen LogP contribution in [0.25, 0.3) is 0 Å². The molecule has 1 aromatic heterocycles. The number of carbonyl (C=O) groups excluding carboxylic acids is 1. The summed E-state index contributed by atoms with van der Waals surface area (Å²) in [6.07, 6.45) is 1.77. The van der Waals surface area contributed by atoms with Gasteiger partial charge in [0.15, 0.2) is 0 Å². The van der Waals surface area contributed by atoms with E-state index < -0.39 is 5.97 Å². The van der Waals surface area contributed by atoms with Crippen molar-refractivity contribution < 1.29 is 14.4 Å². The first-order valence-electron chi connectivity index (χ1n) is 3.74. The number of carboxylic acid groups (broad SMARTS) is 1. The molecule has 0 aliphatic carbocycles. The van der Waals surface area contributed by atoms with Crippen LogP contribution < -0.4 is 5.11 Å². The Morgan fingerprint density at radius 3 is 2.23 bits per heavy atom. The van der Waals surface area contributed by atoms with Gasteiger partial charge in [-0.1, -0.05) is 0 Å². The summed E-state index contributed by atoms with van der Waals surface area (Å²) in [5.74, 6) is -1.00. The van der Waals surface area contributed by atoms with E-state index in [-0.39, 0.29) is 6.54 Å². The molecule has 0 aliphatic rings. The predicted octanol–water partition coefficient (Wildman–Crippen LogP) is -0.414. The molecular weight excluding hydrogens is 188 g/mol. The SMILES string of the molecule is C[N+](C)(C)CC(=O)[O-].c1cscn1. The number of hydrogen-bond acceptors (Lipinski definition) is 4. The molecule has 74 valence electrons. The Morgan fingerprint density at radius 1 is 1.54 bits per heavy atom. The third-order valence-corrected chi connectivity index (χ3v) is 1.47. The maximum absolute atomic E-state index is 9.89. The number of likely N-dealkylation sites (N-methyl/N-ethyl adjacent to an activating group) is 1. The lowest BCUT2D eigenvalue weighted by Crippen LogP contribution is -2.45. The molecule has 0 unspecified atom stereocenters. The van der Waals surface area contributed by atoms with Gasteiger partial charge in [-0.05, 0) is 0 Å². The molecule has 0 bridgehead atoms. The first-order valence-corrected chi connectivity index (χ1v) is 4.68. The van der Waals surface area contributed by atoms with Gasteiger partial charge in [0, 0.05) is 11.6 Å². The molecule has 0 aliphatic heterocycles. The van der Waals surface area contributed by atoms with Crippen LogP contribution in [0.1, 0.15) is 0 Å². The minimum Gasteiger partial charge on any atom is -0.544 e. The first kappa shape index (κ1) is 12.1. The van der Waals surface area contributed by atoms with Gasteiger partial charge in [-0.3, -0.25) is 4.98 Å². The molecule has 0 spiro atoms. The lowest BCUT2D eigenvalue weighted by atomic mass is 10.5. The molecule has 0 aromatic carbocycles. The second kappa shape index (κ2) is 5.66. The molecular formula is C8H14N2O2S. The van der Waals surface area contributed by atoms with E-state index in [1.807, 2.05) is 5.38 Å². The van der Waals surface area contributed by atoms with Gasteiger partial charge in [0.1, 0.15) is 6.54 Å². The van der Waals surface area contributed by atoms with E-state index in [9.17, 15) is 9.90 Å². The zero-order valence-electron chi connectivity index (χ0n) is 8.06. The Bertz CT molecular complexity index is 212. The van der Waals surface area contributed by atoms with Crippen LogP contribution >= 0.6 is 11.3 Å². The van der Waals surface area contributed by atoms with Crippen molar-refractivity contribution in [2.24, 2.45) is 0 Å². The quantitative estimate of drug-likeness (QED) is 0.612. The molecule has 4 nitrogen and oxygen atoms in total. The van der Waals surface area contributed by atoms with E-state index in [1.54, 1.807) is 44.2 Å². The first-order chi connectivity index (χ1) is 5.92. The third kappa shape index (κ3) is 11.1. The summed E-state index contributed by atoms with van der Waals surface area (Å²) < 4.78 is 0.419. The average molecular weight is 202 g/mol. The number of carbonyl (C=O) groups is 1. The second-order valence-corrected chi connectivity index (χ2v) is 4.25. The Labute approximate surface area is 82.0 Å². The lowest BCUT2D eigenvalue weighted by molar-refractivity contribution is -0.864. The van der Waals surface area contributed by atoms with E-state index >= 15 is 0 Å². The van der Waals surface area contributed by atoms with Crippen molar-refractivity contribution in [1.29, 1.82) is 0 Å². The molecule has 1 heterocycles. The van der Waals surface area contributed by atoms with Gasteiger partial charge in [-0.15, -0.1) is 11.3 Å². The summed E-state index contributed by atoms with van der Waals surface area (Å²) in [6, 6.07) is 0. The second-order valence-electron chi connectivity index (χ2n) is 3.50. The monoisotopic (exact) mass is 202 g/mol. The van der Waals surface area contributed by atoms with Crippen LogP contribution in [0.15, 0.2) is 17.1 Å². The molecule has 0 fully saturated rings. The smallest absolute Gasteiger partial charge is 0.118 e. The highest BCUT2D eigenvalue weighted by Gasteiger charge is 2.04. The molecule has 13 heavy (non-hydrogen) atoms. The molecule has 0 radical (unpaired) electrons. The number of aliphatic carboxylic acids is 1. The van der Waals surface area contributed by atoms with Gasteiger partial charge < -0.3 is 14.4 Å². The minimum atomic E-state index is -1.00. The fourth-order valence-electron chi connectivity index (χ4n) is 0.563. The van der Waals surface area contributed by atoms with E-state index in [2.05, 4.69) is 4.98 Å². The van der Waals surface area contributed by atoms with Crippen molar-refractivity contribution in [3.05, 3.63) is 17.1 Å². The van der Waals surface area contributed by atoms with Gasteiger partial charge in [0.25, 0.3) is 0 Å². The Morgan fingerprint density at radius 2 is 2.15 bits per heavy atom. The van der Waals surface area contributed by atoms with E-state index in [1.165, 1.54) is 0 Å². The van der Waals surface area contributed by atoms with Crippen molar-refractivity contribution in [2.45, 2.75) is 0 Å². The number of hydrogen-bond donors (Lipinski definition) is 0. The van der Waals surface area contributed by atoms with Crippen molar-refractivity contribution in [3.63, 3.8) is 0 Å². The van der Waals surface area contributed by atoms with Gasteiger partial charge in [0.2, 0.25) is 0 Å². The van der Waals surface area contributed by atoms with Crippen LogP contribution in [0.3, 0.4) is 0 Å². The van der Waals surface area contributed by atoms with Crippen LogP contribution in [0.4, 0.5) is 0 Å². The van der Waals surface area contributed by atoms with E-state index in [4.69, 9.17) is 0 Å². The highest BCUT2D eigenvalue weighted by molar-refractivity contribution is 7.07. The summed E-state index contributed by atoms with van der Waals surface area (Å²) in [4.78, 5) is 13.6. The topological polar surface area (TPSA) is 53.0 Å². The van der Waals surface area contributed by atoms with Crippen LogP contribution in [0.2, 0.25) is 0 Å². The van der Waals surface area contributed by atoms with Gasteiger partial charge in [-0.2, -0.15) is 0 Å². The molecule has 0 atom stereocenters. The van der Waals surface area contributed by atoms with Crippen LogP contribution in [-0.2, 0) is 4.79 Å². The van der Waals surface area contributed by atoms with Crippen LogP contribution in [0, 0.1) is 0 Å². The van der Waals surface area contributed by atoms with Crippen molar-refractivity contribution >= 4 is 17.3 Å². The molecule has 1 rings (SSSR count). The molecule has 0 saturated heterocycles. The normalized spacial score (nSPS) is 10.1. The molecule has 1 aromatic rings. The summed E-state index contributed by atoms with van der Waals surface area (Å²) in [6.45, 7) is 0.0694. The number of carboxylic acids is 1. The van der Waals surface area contributed by atoms with E-state index in [0.717, 1.165) is 0 Å². The Balaban J connectivity index is 0.000000243. The molecule has 0 N–H and O–H groups in total. The van der Waals surface area contributed by atoms with Crippen molar-refractivity contribution in [3.8, 4) is 0 Å². The summed E-state index contributed by atoms with van der Waals surface area (Å²) in [7, 11) is 5.40. The molecule has 0 amide bonds. The predicted molar refractivity (Wildman–Crippen MR) is 50.0 cm³/mol. The van der Waals surface area contributed by atoms with Gasteiger partial charge >= 0.3 is 0 Å². The van der Waals surface area contributed by atoms with Crippen LogP contribution in [-0.4, -0.2) is 43.1 Å². The average Bonchev–Trinajstić information content (AvgIpc) is 2.33. The zero-order valence-corrected chi connectivity index (χ0v) is 8.87. The molecule has 5 heteroatoms. The minimum absolute atomic E-state index is 0.0694. The lowest BCUT2D eigenvalue weighted by Gasteiger charge is -2.23. The number of rotatable bonds is 2.